The summed E-state index contributed by atoms with van der Waals surface area (Å²) < 4.78 is 2.40. The average Bonchev–Trinajstić information content (AvgIpc) is 3.25. The Morgan fingerprint density at radius 2 is 1.92 bits per heavy atom. The quantitative estimate of drug-likeness (QED) is 0.179. The molecule has 0 aliphatic heterocycles. The summed E-state index contributed by atoms with van der Waals surface area (Å²) in [5.41, 5.74) is 0. The van der Waals surface area contributed by atoms with Crippen LogP contribution in [0.15, 0.2) is 10.1 Å². The van der Waals surface area contributed by atoms with Gasteiger partial charge in [0.15, 0.2) is 11.1 Å². The Bertz CT molecular complexity index is 540. The van der Waals surface area contributed by atoms with Crippen LogP contribution in [0.25, 0.3) is 0 Å². The predicted molar refractivity (Wildman–Crippen MR) is 122 cm³/mol. The molecule has 2 rings (SSSR count). The summed E-state index contributed by atoms with van der Waals surface area (Å²) in [5, 5.41) is 16.7. The normalized spacial score (nSPS) is 15.3. The van der Waals surface area contributed by atoms with Crippen molar-refractivity contribution in [1.29, 1.82) is 0 Å². The molecule has 0 atom stereocenters. The lowest BCUT2D eigenvalue weighted by atomic mass is 10.1. The second kappa shape index (κ2) is 12.8. The SMILES string of the molecule is CN=C(NCCCc1nnc(SC)n1C1CCCC1)NCCC(C)C.I. The number of thioether (sulfide) groups is 1. The fourth-order valence-corrected chi connectivity index (χ4v) is 3.87. The lowest BCUT2D eigenvalue weighted by Crippen LogP contribution is -2.38. The van der Waals surface area contributed by atoms with Crippen LogP contribution in [0.4, 0.5) is 0 Å². The van der Waals surface area contributed by atoms with E-state index in [0.717, 1.165) is 49.3 Å². The number of guanidine groups is 1. The van der Waals surface area contributed by atoms with Gasteiger partial charge in [0, 0.05) is 32.6 Å². The van der Waals surface area contributed by atoms with Gasteiger partial charge < -0.3 is 15.2 Å². The summed E-state index contributed by atoms with van der Waals surface area (Å²) in [6, 6.07) is 0.603. The summed E-state index contributed by atoms with van der Waals surface area (Å²) >= 11 is 1.71. The third kappa shape index (κ3) is 7.25. The molecule has 0 saturated heterocycles. The Kier molecular flexibility index (Phi) is 11.6. The van der Waals surface area contributed by atoms with Crippen molar-refractivity contribution in [3.8, 4) is 0 Å². The van der Waals surface area contributed by atoms with Gasteiger partial charge in [-0.25, -0.2) is 0 Å². The van der Waals surface area contributed by atoms with E-state index in [-0.39, 0.29) is 24.0 Å². The van der Waals surface area contributed by atoms with Crippen molar-refractivity contribution in [1.82, 2.24) is 25.4 Å². The minimum atomic E-state index is 0. The molecule has 2 N–H and O–H groups in total. The van der Waals surface area contributed by atoms with Crippen LogP contribution in [0.5, 0.6) is 0 Å². The molecule has 1 saturated carbocycles. The number of aromatic nitrogens is 3. The van der Waals surface area contributed by atoms with Gasteiger partial charge in [0.2, 0.25) is 0 Å². The smallest absolute Gasteiger partial charge is 0.191 e. The zero-order valence-electron chi connectivity index (χ0n) is 16.6. The maximum Gasteiger partial charge on any atom is 0.191 e. The van der Waals surface area contributed by atoms with Crippen LogP contribution in [-0.2, 0) is 6.42 Å². The van der Waals surface area contributed by atoms with Crippen molar-refractivity contribution >= 4 is 41.7 Å². The third-order valence-corrected chi connectivity index (χ3v) is 5.36. The largest absolute Gasteiger partial charge is 0.356 e. The lowest BCUT2D eigenvalue weighted by molar-refractivity contribution is 0.460. The van der Waals surface area contributed by atoms with Crippen LogP contribution in [0.2, 0.25) is 0 Å². The van der Waals surface area contributed by atoms with Crippen LogP contribution >= 0.6 is 35.7 Å². The Morgan fingerprint density at radius 1 is 1.23 bits per heavy atom. The number of hydrogen-bond acceptors (Lipinski definition) is 4. The van der Waals surface area contributed by atoms with Crippen LogP contribution in [-0.4, -0.2) is 47.1 Å². The molecule has 1 fully saturated rings. The zero-order valence-corrected chi connectivity index (χ0v) is 19.8. The fourth-order valence-electron chi connectivity index (χ4n) is 3.30. The Morgan fingerprint density at radius 3 is 2.54 bits per heavy atom. The highest BCUT2D eigenvalue weighted by molar-refractivity contribution is 14.0. The van der Waals surface area contributed by atoms with E-state index < -0.39 is 0 Å². The molecule has 150 valence electrons. The zero-order chi connectivity index (χ0) is 18.1. The maximum absolute atomic E-state index is 4.46. The van der Waals surface area contributed by atoms with Gasteiger partial charge in [0.1, 0.15) is 5.82 Å². The van der Waals surface area contributed by atoms with E-state index in [2.05, 4.69) is 50.5 Å². The van der Waals surface area contributed by atoms with Crippen molar-refractivity contribution in [3.05, 3.63) is 5.82 Å². The van der Waals surface area contributed by atoms with E-state index in [1.165, 1.54) is 25.7 Å². The Labute approximate surface area is 179 Å². The summed E-state index contributed by atoms with van der Waals surface area (Å²) in [6.07, 6.45) is 10.4. The van der Waals surface area contributed by atoms with Crippen molar-refractivity contribution in [2.75, 3.05) is 26.4 Å². The van der Waals surface area contributed by atoms with Gasteiger partial charge >= 0.3 is 0 Å². The molecule has 6 nitrogen and oxygen atoms in total. The molecule has 1 aromatic rings. The number of rotatable bonds is 9. The monoisotopic (exact) mass is 494 g/mol. The highest BCUT2D eigenvalue weighted by atomic mass is 127. The highest BCUT2D eigenvalue weighted by Gasteiger charge is 2.23. The van der Waals surface area contributed by atoms with Crippen molar-refractivity contribution in [3.63, 3.8) is 0 Å². The standard InChI is InChI=1S/C18H34N6S.HI/c1-14(2)11-13-21-17(19-3)20-12-7-10-16-22-23-18(25-4)24(16)15-8-5-6-9-15;/h14-15H,5-13H2,1-4H3,(H2,19,20,21);1H. The molecule has 0 unspecified atom stereocenters. The van der Waals surface area contributed by atoms with Gasteiger partial charge in [-0.2, -0.15) is 0 Å². The molecule has 1 heterocycles. The summed E-state index contributed by atoms with van der Waals surface area (Å²) in [5.74, 6) is 2.74. The molecule has 1 aromatic heterocycles. The number of nitrogens with zero attached hydrogens (tertiary/aromatic N) is 4. The molecule has 0 aromatic carbocycles. The first kappa shape index (κ1) is 23.5. The van der Waals surface area contributed by atoms with E-state index in [0.29, 0.717) is 12.0 Å². The number of nitrogens with one attached hydrogen (secondary N) is 2. The minimum Gasteiger partial charge on any atom is -0.356 e. The van der Waals surface area contributed by atoms with Crippen LogP contribution < -0.4 is 10.6 Å². The lowest BCUT2D eigenvalue weighted by Gasteiger charge is -2.16. The molecular formula is C18H35IN6S. The van der Waals surface area contributed by atoms with Crippen molar-refractivity contribution < 1.29 is 0 Å². The van der Waals surface area contributed by atoms with Crippen LogP contribution in [0.3, 0.4) is 0 Å². The second-order valence-electron chi connectivity index (χ2n) is 7.12. The fraction of sp³-hybridized carbons (Fsp3) is 0.833. The van der Waals surface area contributed by atoms with E-state index in [1.807, 2.05) is 7.05 Å². The van der Waals surface area contributed by atoms with Crippen molar-refractivity contribution in [2.24, 2.45) is 10.9 Å². The van der Waals surface area contributed by atoms with Gasteiger partial charge in [-0.05, 0) is 37.9 Å². The first-order valence-electron chi connectivity index (χ1n) is 9.58. The number of aryl methyl sites for hydroxylation is 1. The van der Waals surface area contributed by atoms with Gasteiger partial charge in [0.05, 0.1) is 0 Å². The van der Waals surface area contributed by atoms with Crippen LogP contribution in [0, 0.1) is 5.92 Å². The number of aliphatic imine (C=N–C) groups is 1. The van der Waals surface area contributed by atoms with Crippen molar-refractivity contribution in [2.45, 2.75) is 70.0 Å². The van der Waals surface area contributed by atoms with E-state index in [9.17, 15) is 0 Å². The molecule has 0 radical (unpaired) electrons. The second-order valence-corrected chi connectivity index (χ2v) is 7.90. The first-order valence-corrected chi connectivity index (χ1v) is 10.8. The third-order valence-electron chi connectivity index (χ3n) is 4.71. The minimum absolute atomic E-state index is 0. The van der Waals surface area contributed by atoms with Gasteiger partial charge in [0.25, 0.3) is 0 Å². The van der Waals surface area contributed by atoms with E-state index in [4.69, 9.17) is 0 Å². The van der Waals surface area contributed by atoms with Crippen LogP contribution in [0.1, 0.15) is 64.2 Å². The molecule has 26 heavy (non-hydrogen) atoms. The number of halogens is 1. The highest BCUT2D eigenvalue weighted by Crippen LogP contribution is 2.33. The Hall–Kier alpha value is -0.510. The Balaban J connectivity index is 0.00000338. The summed E-state index contributed by atoms with van der Waals surface area (Å²) in [6.45, 7) is 6.33. The molecule has 0 amide bonds. The summed E-state index contributed by atoms with van der Waals surface area (Å²) in [4.78, 5) is 4.29. The number of hydrogen-bond donors (Lipinski definition) is 2. The molecule has 8 heteroatoms. The van der Waals surface area contributed by atoms with Gasteiger partial charge in [-0.3, -0.25) is 4.99 Å². The molecule has 1 aliphatic rings. The molecule has 1 aliphatic carbocycles. The van der Waals surface area contributed by atoms with Gasteiger partial charge in [-0.1, -0.05) is 38.5 Å². The van der Waals surface area contributed by atoms with E-state index >= 15 is 0 Å². The topological polar surface area (TPSA) is 67.1 Å². The molecule has 0 spiro atoms. The average molecular weight is 494 g/mol. The predicted octanol–water partition coefficient (Wildman–Crippen LogP) is 3.88. The maximum atomic E-state index is 4.46. The summed E-state index contributed by atoms with van der Waals surface area (Å²) in [7, 11) is 1.83. The first-order chi connectivity index (χ1) is 12.2. The van der Waals surface area contributed by atoms with Gasteiger partial charge in [-0.15, -0.1) is 34.2 Å². The molecular weight excluding hydrogens is 459 g/mol. The van der Waals surface area contributed by atoms with E-state index in [1.54, 1.807) is 11.8 Å². The molecule has 0 bridgehead atoms.